The number of hydrogen-bond donors (Lipinski definition) is 2. The van der Waals surface area contributed by atoms with Gasteiger partial charge >= 0.3 is 0 Å². The van der Waals surface area contributed by atoms with Gasteiger partial charge in [0.25, 0.3) is 0 Å². The van der Waals surface area contributed by atoms with Crippen molar-refractivity contribution in [1.82, 2.24) is 5.32 Å². The van der Waals surface area contributed by atoms with Gasteiger partial charge in [-0.25, -0.2) is 0 Å². The summed E-state index contributed by atoms with van der Waals surface area (Å²) < 4.78 is 0. The Morgan fingerprint density at radius 3 is 2.42 bits per heavy atom. The lowest BCUT2D eigenvalue weighted by Gasteiger charge is -2.31. The third kappa shape index (κ3) is 3.37. The number of aliphatic hydroxyl groups is 1. The van der Waals surface area contributed by atoms with Crippen LogP contribution in [0, 0.1) is 5.92 Å². The Labute approximate surface area is 116 Å². The molecular formula is C17H25NO. The summed E-state index contributed by atoms with van der Waals surface area (Å²) in [5, 5.41) is 13.1. The van der Waals surface area contributed by atoms with Crippen molar-refractivity contribution >= 4 is 0 Å². The molecule has 2 aliphatic carbocycles. The molecule has 19 heavy (non-hydrogen) atoms. The van der Waals surface area contributed by atoms with Crippen LogP contribution < -0.4 is 5.32 Å². The Kier molecular flexibility index (Phi) is 4.19. The highest BCUT2D eigenvalue weighted by Gasteiger charge is 2.24. The van der Waals surface area contributed by atoms with E-state index < -0.39 is 0 Å². The first-order chi connectivity index (χ1) is 9.36. The van der Waals surface area contributed by atoms with Crippen molar-refractivity contribution in [2.45, 2.75) is 57.0 Å². The number of nitrogens with one attached hydrogen (secondary N) is 1. The smallest absolute Gasteiger partial charge is 0.0474 e. The zero-order chi connectivity index (χ0) is 13.1. The van der Waals surface area contributed by atoms with Crippen molar-refractivity contribution in [3.8, 4) is 0 Å². The van der Waals surface area contributed by atoms with Gasteiger partial charge in [-0.2, -0.15) is 0 Å². The summed E-state index contributed by atoms with van der Waals surface area (Å²) in [5.74, 6) is 1.30. The zero-order valence-corrected chi connectivity index (χ0v) is 11.6. The number of benzene rings is 1. The van der Waals surface area contributed by atoms with Crippen LogP contribution in [0.15, 0.2) is 24.3 Å². The fourth-order valence-corrected chi connectivity index (χ4v) is 3.27. The van der Waals surface area contributed by atoms with Crippen LogP contribution in [0.3, 0.4) is 0 Å². The minimum atomic E-state index is 0.332. The highest BCUT2D eigenvalue weighted by Crippen LogP contribution is 2.39. The lowest BCUT2D eigenvalue weighted by molar-refractivity contribution is 0.152. The first-order valence-corrected chi connectivity index (χ1v) is 7.80. The van der Waals surface area contributed by atoms with Crippen LogP contribution in [0.25, 0.3) is 0 Å². The molecular weight excluding hydrogens is 234 g/mol. The molecule has 0 bridgehead atoms. The van der Waals surface area contributed by atoms with Crippen molar-refractivity contribution < 1.29 is 5.11 Å². The average molecular weight is 259 g/mol. The maximum Gasteiger partial charge on any atom is 0.0474 e. The van der Waals surface area contributed by atoms with Gasteiger partial charge in [-0.1, -0.05) is 37.1 Å². The third-order valence-corrected chi connectivity index (χ3v) is 4.74. The van der Waals surface area contributed by atoms with Gasteiger partial charge in [-0.15, -0.1) is 0 Å². The summed E-state index contributed by atoms with van der Waals surface area (Å²) in [7, 11) is 0. The van der Waals surface area contributed by atoms with Gasteiger partial charge < -0.3 is 10.4 Å². The normalized spacial score (nSPS) is 27.4. The van der Waals surface area contributed by atoms with Gasteiger partial charge in [0.15, 0.2) is 0 Å². The molecule has 2 heteroatoms. The van der Waals surface area contributed by atoms with Crippen LogP contribution in [0.5, 0.6) is 0 Å². The molecule has 2 fully saturated rings. The second-order valence-electron chi connectivity index (χ2n) is 6.23. The first kappa shape index (κ1) is 13.1. The highest BCUT2D eigenvalue weighted by atomic mass is 16.3. The molecule has 0 aromatic heterocycles. The summed E-state index contributed by atoms with van der Waals surface area (Å²) in [5.41, 5.74) is 2.88. The summed E-state index contributed by atoms with van der Waals surface area (Å²) in [6.45, 7) is 1.27. The number of aliphatic hydroxyl groups excluding tert-OH is 1. The van der Waals surface area contributed by atoms with E-state index in [9.17, 15) is 5.11 Å². The molecule has 0 amide bonds. The van der Waals surface area contributed by atoms with E-state index in [1.807, 2.05) is 0 Å². The van der Waals surface area contributed by atoms with Crippen LogP contribution in [0.4, 0.5) is 0 Å². The first-order valence-electron chi connectivity index (χ1n) is 7.80. The largest absolute Gasteiger partial charge is 0.396 e. The highest BCUT2D eigenvalue weighted by molar-refractivity contribution is 5.28. The minimum Gasteiger partial charge on any atom is -0.396 e. The Morgan fingerprint density at radius 2 is 1.74 bits per heavy atom. The van der Waals surface area contributed by atoms with E-state index in [4.69, 9.17) is 0 Å². The van der Waals surface area contributed by atoms with Gasteiger partial charge in [0, 0.05) is 19.2 Å². The van der Waals surface area contributed by atoms with Gasteiger partial charge in [-0.05, 0) is 48.6 Å². The van der Waals surface area contributed by atoms with Crippen molar-refractivity contribution in [2.75, 3.05) is 6.61 Å². The predicted molar refractivity (Wildman–Crippen MR) is 78.1 cm³/mol. The molecule has 104 valence electrons. The van der Waals surface area contributed by atoms with Crippen LogP contribution >= 0.6 is 0 Å². The van der Waals surface area contributed by atoms with E-state index in [1.165, 1.54) is 49.7 Å². The fourth-order valence-electron chi connectivity index (χ4n) is 3.27. The second-order valence-corrected chi connectivity index (χ2v) is 6.23. The van der Waals surface area contributed by atoms with Gasteiger partial charge in [0.1, 0.15) is 0 Å². The SMILES string of the molecule is OCC1CCCCC1NCc1ccc(C2CC2)cc1. The molecule has 2 saturated carbocycles. The molecule has 1 aromatic carbocycles. The Hall–Kier alpha value is -0.860. The average Bonchev–Trinajstić information content (AvgIpc) is 3.30. The molecule has 0 aliphatic heterocycles. The molecule has 2 atom stereocenters. The molecule has 0 heterocycles. The maximum atomic E-state index is 9.42. The zero-order valence-electron chi connectivity index (χ0n) is 11.6. The molecule has 0 saturated heterocycles. The standard InChI is InChI=1S/C17H25NO/c19-12-16-3-1-2-4-17(16)18-11-13-5-7-14(8-6-13)15-9-10-15/h5-8,15-19H,1-4,9-12H2. The Bertz CT molecular complexity index is 396. The number of rotatable bonds is 5. The summed E-state index contributed by atoms with van der Waals surface area (Å²) in [6.07, 6.45) is 7.71. The van der Waals surface area contributed by atoms with Gasteiger partial charge in [0.05, 0.1) is 0 Å². The van der Waals surface area contributed by atoms with E-state index in [0.29, 0.717) is 18.6 Å². The third-order valence-electron chi connectivity index (χ3n) is 4.74. The second kappa shape index (κ2) is 6.06. The molecule has 2 aliphatic rings. The van der Waals surface area contributed by atoms with Crippen molar-refractivity contribution in [3.63, 3.8) is 0 Å². The van der Waals surface area contributed by atoms with Gasteiger partial charge in [-0.3, -0.25) is 0 Å². The van der Waals surface area contributed by atoms with Crippen molar-refractivity contribution in [1.29, 1.82) is 0 Å². The molecule has 2 unspecified atom stereocenters. The molecule has 2 nitrogen and oxygen atoms in total. The number of hydrogen-bond acceptors (Lipinski definition) is 2. The monoisotopic (exact) mass is 259 g/mol. The Balaban J connectivity index is 1.52. The molecule has 0 spiro atoms. The van der Waals surface area contributed by atoms with Crippen LogP contribution in [0.1, 0.15) is 55.6 Å². The maximum absolute atomic E-state index is 9.42. The minimum absolute atomic E-state index is 0.332. The van der Waals surface area contributed by atoms with Crippen molar-refractivity contribution in [2.24, 2.45) is 5.92 Å². The Morgan fingerprint density at radius 1 is 1.00 bits per heavy atom. The van der Waals surface area contributed by atoms with E-state index in [-0.39, 0.29) is 0 Å². The van der Waals surface area contributed by atoms with E-state index in [2.05, 4.69) is 29.6 Å². The van der Waals surface area contributed by atoms with Crippen LogP contribution in [0.2, 0.25) is 0 Å². The molecule has 1 aromatic rings. The van der Waals surface area contributed by atoms with E-state index in [1.54, 1.807) is 0 Å². The lowest BCUT2D eigenvalue weighted by atomic mass is 9.85. The molecule has 3 rings (SSSR count). The van der Waals surface area contributed by atoms with Crippen molar-refractivity contribution in [3.05, 3.63) is 35.4 Å². The fraction of sp³-hybridized carbons (Fsp3) is 0.647. The van der Waals surface area contributed by atoms with E-state index >= 15 is 0 Å². The van der Waals surface area contributed by atoms with Gasteiger partial charge in [0.2, 0.25) is 0 Å². The quantitative estimate of drug-likeness (QED) is 0.851. The lowest BCUT2D eigenvalue weighted by Crippen LogP contribution is -2.39. The topological polar surface area (TPSA) is 32.3 Å². The van der Waals surface area contributed by atoms with E-state index in [0.717, 1.165) is 12.5 Å². The van der Waals surface area contributed by atoms with Crippen LogP contribution in [-0.2, 0) is 6.54 Å². The summed E-state index contributed by atoms with van der Waals surface area (Å²) in [4.78, 5) is 0. The predicted octanol–water partition coefficient (Wildman–Crippen LogP) is 3.20. The van der Waals surface area contributed by atoms with Crippen LogP contribution in [-0.4, -0.2) is 17.8 Å². The summed E-state index contributed by atoms with van der Waals surface area (Å²) in [6, 6.07) is 9.61. The molecule has 0 radical (unpaired) electrons. The summed E-state index contributed by atoms with van der Waals surface area (Å²) >= 11 is 0. The molecule has 2 N–H and O–H groups in total.